The highest BCUT2D eigenvalue weighted by Gasteiger charge is 2.27. The van der Waals surface area contributed by atoms with Crippen LogP contribution in [0.4, 0.5) is 0 Å². The monoisotopic (exact) mass is 348 g/mol. The lowest BCUT2D eigenvalue weighted by Crippen LogP contribution is -2.38. The minimum absolute atomic E-state index is 0.149. The third-order valence-electron chi connectivity index (χ3n) is 4.46. The van der Waals surface area contributed by atoms with E-state index in [0.717, 1.165) is 42.9 Å². The zero-order valence-electron chi connectivity index (χ0n) is 14.2. The van der Waals surface area contributed by atoms with Gasteiger partial charge in [-0.05, 0) is 37.5 Å². The average Bonchev–Trinajstić information content (AvgIpc) is 3.03. The summed E-state index contributed by atoms with van der Waals surface area (Å²) in [5.41, 5.74) is 2.87. The van der Waals surface area contributed by atoms with Crippen LogP contribution in [0.15, 0.2) is 30.5 Å². The van der Waals surface area contributed by atoms with Gasteiger partial charge in [-0.3, -0.25) is 9.67 Å². The fraction of sp³-hybridized carbons (Fsp3) is 0.529. The molecule has 1 atom stereocenters. The van der Waals surface area contributed by atoms with Gasteiger partial charge in [-0.15, -0.1) is 0 Å². The zero-order valence-corrected chi connectivity index (χ0v) is 15.0. The van der Waals surface area contributed by atoms with E-state index in [0.29, 0.717) is 13.1 Å². The second kappa shape index (κ2) is 7.03. The predicted molar refractivity (Wildman–Crippen MR) is 94.1 cm³/mol. The number of pyridine rings is 1. The summed E-state index contributed by atoms with van der Waals surface area (Å²) in [6.07, 6.45) is 5.93. The first-order valence-corrected chi connectivity index (χ1v) is 10.3. The number of hydrogen-bond donors (Lipinski definition) is 0. The third-order valence-corrected chi connectivity index (χ3v) is 5.73. The number of piperidine rings is 1. The van der Waals surface area contributed by atoms with Crippen molar-refractivity contribution in [1.82, 2.24) is 19.1 Å². The summed E-state index contributed by atoms with van der Waals surface area (Å²) < 4.78 is 27.2. The molecule has 130 valence electrons. The van der Waals surface area contributed by atoms with Crippen LogP contribution < -0.4 is 0 Å². The van der Waals surface area contributed by atoms with Crippen LogP contribution in [0.1, 0.15) is 37.8 Å². The van der Waals surface area contributed by atoms with Crippen LogP contribution in [-0.2, 0) is 16.6 Å². The van der Waals surface area contributed by atoms with Gasteiger partial charge in [0, 0.05) is 37.4 Å². The molecule has 6 nitrogen and oxygen atoms in total. The van der Waals surface area contributed by atoms with Gasteiger partial charge in [-0.25, -0.2) is 12.7 Å². The highest BCUT2D eigenvalue weighted by molar-refractivity contribution is 7.88. The van der Waals surface area contributed by atoms with Gasteiger partial charge in [0.2, 0.25) is 10.0 Å². The Hall–Kier alpha value is -1.73. The molecule has 0 spiro atoms. The molecule has 1 aliphatic heterocycles. The predicted octanol–water partition coefficient (Wildman–Crippen LogP) is 2.49. The molecular formula is C17H24N4O2S. The van der Waals surface area contributed by atoms with E-state index in [1.165, 1.54) is 6.26 Å². The van der Waals surface area contributed by atoms with E-state index in [1.54, 1.807) is 10.5 Å². The Balaban J connectivity index is 1.86. The second-order valence-corrected chi connectivity index (χ2v) is 8.33. The van der Waals surface area contributed by atoms with Crippen molar-refractivity contribution in [2.75, 3.05) is 19.3 Å². The first-order chi connectivity index (χ1) is 11.5. The topological polar surface area (TPSA) is 68.1 Å². The maximum absolute atomic E-state index is 11.8. The Morgan fingerprint density at radius 3 is 2.88 bits per heavy atom. The van der Waals surface area contributed by atoms with Crippen molar-refractivity contribution in [3.63, 3.8) is 0 Å². The molecule has 24 heavy (non-hydrogen) atoms. The SMILES string of the molecule is CCCn1nccc1-c1cccc([C@@H]2CCCN(S(C)(=O)=O)C2)n1. The molecule has 3 rings (SSSR count). The second-order valence-electron chi connectivity index (χ2n) is 6.35. The molecule has 0 radical (unpaired) electrons. The fourth-order valence-electron chi connectivity index (χ4n) is 3.25. The fourth-order valence-corrected chi connectivity index (χ4v) is 4.16. The molecule has 0 N–H and O–H groups in total. The van der Waals surface area contributed by atoms with Crippen LogP contribution in [-0.4, -0.2) is 46.8 Å². The molecule has 1 fully saturated rings. The average molecular weight is 348 g/mol. The minimum atomic E-state index is -3.14. The van der Waals surface area contributed by atoms with E-state index in [1.807, 2.05) is 28.9 Å². The highest BCUT2D eigenvalue weighted by Crippen LogP contribution is 2.28. The summed E-state index contributed by atoms with van der Waals surface area (Å²) in [4.78, 5) is 4.82. The van der Waals surface area contributed by atoms with E-state index >= 15 is 0 Å². The smallest absolute Gasteiger partial charge is 0.211 e. The first kappa shape index (κ1) is 17.1. The Morgan fingerprint density at radius 2 is 2.12 bits per heavy atom. The zero-order chi connectivity index (χ0) is 17.2. The number of nitrogens with zero attached hydrogens (tertiary/aromatic N) is 4. The Kier molecular flexibility index (Phi) is 5.01. The molecule has 7 heteroatoms. The molecule has 2 aromatic rings. The summed E-state index contributed by atoms with van der Waals surface area (Å²) in [5.74, 6) is 0.149. The van der Waals surface area contributed by atoms with Gasteiger partial charge in [-0.1, -0.05) is 13.0 Å². The third kappa shape index (κ3) is 3.67. The molecule has 1 aliphatic rings. The van der Waals surface area contributed by atoms with E-state index in [-0.39, 0.29) is 5.92 Å². The molecule has 0 bridgehead atoms. The summed E-state index contributed by atoms with van der Waals surface area (Å²) in [6.45, 7) is 4.11. The highest BCUT2D eigenvalue weighted by atomic mass is 32.2. The number of rotatable bonds is 5. The van der Waals surface area contributed by atoms with Crippen molar-refractivity contribution in [3.8, 4) is 11.4 Å². The molecule has 0 saturated carbocycles. The van der Waals surface area contributed by atoms with Crippen LogP contribution >= 0.6 is 0 Å². The standard InChI is InChI=1S/C17H24N4O2S/c1-3-11-21-17(9-10-18-21)16-8-4-7-15(19-16)14-6-5-12-20(13-14)24(2,22)23/h4,7-10,14H,3,5-6,11-13H2,1-2H3/t14-/m1/s1. The van der Waals surface area contributed by atoms with E-state index < -0.39 is 10.0 Å². The molecule has 0 aliphatic carbocycles. The maximum atomic E-state index is 11.8. The van der Waals surface area contributed by atoms with E-state index in [2.05, 4.69) is 12.0 Å². The summed E-state index contributed by atoms with van der Waals surface area (Å²) in [7, 11) is -3.14. The van der Waals surface area contributed by atoms with Crippen molar-refractivity contribution >= 4 is 10.0 Å². The Morgan fingerprint density at radius 1 is 1.29 bits per heavy atom. The van der Waals surface area contributed by atoms with Gasteiger partial charge in [-0.2, -0.15) is 5.10 Å². The Bertz CT molecular complexity index is 800. The minimum Gasteiger partial charge on any atom is -0.263 e. The normalized spacial score (nSPS) is 19.5. The van der Waals surface area contributed by atoms with Crippen LogP contribution in [0.25, 0.3) is 11.4 Å². The lowest BCUT2D eigenvalue weighted by molar-refractivity contribution is 0.314. The van der Waals surface area contributed by atoms with Crippen LogP contribution in [0, 0.1) is 0 Å². The van der Waals surface area contributed by atoms with Gasteiger partial charge >= 0.3 is 0 Å². The number of aromatic nitrogens is 3. The first-order valence-electron chi connectivity index (χ1n) is 8.43. The molecule has 3 heterocycles. The lowest BCUT2D eigenvalue weighted by atomic mass is 9.95. The van der Waals surface area contributed by atoms with Crippen LogP contribution in [0.3, 0.4) is 0 Å². The van der Waals surface area contributed by atoms with Gasteiger partial charge < -0.3 is 0 Å². The Labute approximate surface area is 143 Å². The van der Waals surface area contributed by atoms with Gasteiger partial charge in [0.05, 0.1) is 17.6 Å². The number of aryl methyl sites for hydroxylation is 1. The molecular weight excluding hydrogens is 324 g/mol. The van der Waals surface area contributed by atoms with Crippen LogP contribution in [0.5, 0.6) is 0 Å². The van der Waals surface area contributed by atoms with Gasteiger partial charge in [0.1, 0.15) is 0 Å². The van der Waals surface area contributed by atoms with Gasteiger partial charge in [0.15, 0.2) is 0 Å². The number of sulfonamides is 1. The number of hydrogen-bond acceptors (Lipinski definition) is 4. The molecule has 2 aromatic heterocycles. The van der Waals surface area contributed by atoms with Crippen molar-refractivity contribution in [2.24, 2.45) is 0 Å². The van der Waals surface area contributed by atoms with Crippen molar-refractivity contribution in [3.05, 3.63) is 36.2 Å². The molecule has 0 aromatic carbocycles. The van der Waals surface area contributed by atoms with Crippen molar-refractivity contribution < 1.29 is 8.42 Å². The summed E-state index contributed by atoms with van der Waals surface area (Å²) in [5, 5.41) is 4.36. The van der Waals surface area contributed by atoms with E-state index in [9.17, 15) is 8.42 Å². The largest absolute Gasteiger partial charge is 0.263 e. The van der Waals surface area contributed by atoms with Crippen molar-refractivity contribution in [1.29, 1.82) is 0 Å². The van der Waals surface area contributed by atoms with Gasteiger partial charge in [0.25, 0.3) is 0 Å². The maximum Gasteiger partial charge on any atom is 0.211 e. The summed E-state index contributed by atoms with van der Waals surface area (Å²) in [6, 6.07) is 7.97. The summed E-state index contributed by atoms with van der Waals surface area (Å²) >= 11 is 0. The molecule has 0 unspecified atom stereocenters. The van der Waals surface area contributed by atoms with Crippen molar-refractivity contribution in [2.45, 2.75) is 38.6 Å². The quantitative estimate of drug-likeness (QED) is 0.832. The molecule has 1 saturated heterocycles. The lowest BCUT2D eigenvalue weighted by Gasteiger charge is -2.30. The van der Waals surface area contributed by atoms with E-state index in [4.69, 9.17) is 4.98 Å². The molecule has 0 amide bonds. The van der Waals surface area contributed by atoms with Crippen LogP contribution in [0.2, 0.25) is 0 Å².